The summed E-state index contributed by atoms with van der Waals surface area (Å²) in [5, 5.41) is 8.62. The summed E-state index contributed by atoms with van der Waals surface area (Å²) in [7, 11) is 0. The van der Waals surface area contributed by atoms with Gasteiger partial charge in [0, 0.05) is 43.0 Å². The van der Waals surface area contributed by atoms with Gasteiger partial charge in [-0.05, 0) is 54.7 Å². The third-order valence-corrected chi connectivity index (χ3v) is 6.38. The number of guanidine groups is 1. The van der Waals surface area contributed by atoms with E-state index in [1.807, 2.05) is 0 Å². The van der Waals surface area contributed by atoms with Crippen molar-refractivity contribution in [2.24, 2.45) is 4.99 Å². The van der Waals surface area contributed by atoms with E-state index in [1.165, 1.54) is 12.1 Å². The number of aliphatic imine (C=N–C) groups is 1. The number of anilines is 2. The molecule has 0 unspecified atom stereocenters. The van der Waals surface area contributed by atoms with Gasteiger partial charge in [0.2, 0.25) is 0 Å². The minimum Gasteiger partial charge on any atom is -0.378 e. The highest BCUT2D eigenvalue weighted by atomic mass is 19.4. The van der Waals surface area contributed by atoms with E-state index in [0.29, 0.717) is 50.6 Å². The molecule has 2 heterocycles. The van der Waals surface area contributed by atoms with Crippen LogP contribution in [0.25, 0.3) is 0 Å². The zero-order valence-electron chi connectivity index (χ0n) is 19.5. The number of amides is 2. The topological polar surface area (TPSA) is 95.1 Å². The van der Waals surface area contributed by atoms with Gasteiger partial charge in [-0.1, -0.05) is 6.07 Å². The predicted molar refractivity (Wildman–Crippen MR) is 128 cm³/mol. The average Bonchev–Trinajstić information content (AvgIpc) is 3.58. The maximum absolute atomic E-state index is 14.0. The Morgan fingerprint density at radius 3 is 2.42 bits per heavy atom. The van der Waals surface area contributed by atoms with Gasteiger partial charge in [-0.15, -0.1) is 0 Å². The Bertz CT molecular complexity index is 1200. The van der Waals surface area contributed by atoms with Gasteiger partial charge in [0.25, 0.3) is 11.8 Å². The van der Waals surface area contributed by atoms with E-state index < -0.39 is 17.6 Å². The van der Waals surface area contributed by atoms with Crippen molar-refractivity contribution in [3.63, 3.8) is 0 Å². The molecule has 36 heavy (non-hydrogen) atoms. The van der Waals surface area contributed by atoms with E-state index in [9.17, 15) is 22.8 Å². The molecule has 2 aromatic carbocycles. The zero-order chi connectivity index (χ0) is 25.3. The van der Waals surface area contributed by atoms with Crippen molar-refractivity contribution in [3.8, 4) is 0 Å². The number of nitrogens with one attached hydrogen (secondary N) is 3. The van der Waals surface area contributed by atoms with Crippen LogP contribution in [-0.2, 0) is 10.9 Å². The molecule has 11 heteroatoms. The highest BCUT2D eigenvalue weighted by Crippen LogP contribution is 2.47. The van der Waals surface area contributed by atoms with Crippen molar-refractivity contribution in [2.75, 3.05) is 44.7 Å². The summed E-state index contributed by atoms with van der Waals surface area (Å²) >= 11 is 0. The summed E-state index contributed by atoms with van der Waals surface area (Å²) < 4.78 is 47.4. The molecule has 3 fully saturated rings. The first-order valence-corrected chi connectivity index (χ1v) is 11.9. The summed E-state index contributed by atoms with van der Waals surface area (Å²) in [6.45, 7) is 3.03. The number of rotatable bonds is 5. The van der Waals surface area contributed by atoms with Gasteiger partial charge >= 0.3 is 6.18 Å². The molecule has 2 amide bonds. The molecular formula is C25H26F3N5O3. The molecule has 0 bridgehead atoms. The van der Waals surface area contributed by atoms with Crippen LogP contribution in [0.3, 0.4) is 0 Å². The molecule has 3 aliphatic rings. The zero-order valence-corrected chi connectivity index (χ0v) is 19.5. The monoisotopic (exact) mass is 501 g/mol. The molecule has 5 rings (SSSR count). The third-order valence-electron chi connectivity index (χ3n) is 6.38. The van der Waals surface area contributed by atoms with Crippen LogP contribution in [0.2, 0.25) is 0 Å². The number of alkyl halides is 3. The predicted octanol–water partition coefficient (Wildman–Crippen LogP) is 3.49. The minimum absolute atomic E-state index is 0.103. The Balaban J connectivity index is 1.48. The SMILES string of the molecule is O=C(N=C1NCCN1)c1ccc(Nc2cccc(C(=O)N3CCOCC3)c2C2CC2)c(C(F)(F)F)c1. The summed E-state index contributed by atoms with van der Waals surface area (Å²) in [6.07, 6.45) is -2.98. The van der Waals surface area contributed by atoms with Crippen molar-refractivity contribution < 1.29 is 27.5 Å². The van der Waals surface area contributed by atoms with Crippen LogP contribution in [0.1, 0.15) is 50.6 Å². The van der Waals surface area contributed by atoms with E-state index in [4.69, 9.17) is 4.74 Å². The Kier molecular flexibility index (Phi) is 6.57. The number of carbonyl (C=O) groups excluding carboxylic acids is 2. The minimum atomic E-state index is -4.71. The standard InChI is InChI=1S/C25H26F3N5O3/c26-25(27,28)18-14-16(22(34)32-24-29-8-9-30-24)6-7-19(18)31-20-3-1-2-17(21(20)15-4-5-15)23(35)33-10-12-36-13-11-33/h1-3,6-7,14-15,31H,4-5,8-13H2,(H2,29,30,32,34). The number of benzene rings is 2. The number of hydrogen-bond acceptors (Lipinski definition) is 4. The third kappa shape index (κ3) is 5.15. The number of morpholine rings is 1. The van der Waals surface area contributed by atoms with Crippen LogP contribution >= 0.6 is 0 Å². The Labute approximate surface area is 205 Å². The molecule has 3 N–H and O–H groups in total. The molecule has 2 saturated heterocycles. The lowest BCUT2D eigenvalue weighted by Gasteiger charge is -2.28. The van der Waals surface area contributed by atoms with Crippen LogP contribution < -0.4 is 16.0 Å². The first-order chi connectivity index (χ1) is 17.3. The molecule has 0 spiro atoms. The summed E-state index contributed by atoms with van der Waals surface area (Å²) in [5.74, 6) is -0.576. The molecule has 1 aliphatic carbocycles. The Morgan fingerprint density at radius 1 is 1.03 bits per heavy atom. The van der Waals surface area contributed by atoms with E-state index in [-0.39, 0.29) is 29.0 Å². The molecule has 1 saturated carbocycles. The fourth-order valence-corrected chi connectivity index (χ4v) is 4.44. The van der Waals surface area contributed by atoms with Gasteiger partial charge in [-0.2, -0.15) is 18.2 Å². The molecule has 0 aromatic heterocycles. The van der Waals surface area contributed by atoms with Gasteiger partial charge < -0.3 is 25.6 Å². The largest absolute Gasteiger partial charge is 0.418 e. The molecule has 0 atom stereocenters. The van der Waals surface area contributed by atoms with Crippen LogP contribution in [0.4, 0.5) is 24.5 Å². The molecule has 2 aliphatic heterocycles. The lowest BCUT2D eigenvalue weighted by atomic mass is 9.98. The van der Waals surface area contributed by atoms with Crippen molar-refractivity contribution in [2.45, 2.75) is 24.9 Å². The van der Waals surface area contributed by atoms with E-state index in [1.54, 1.807) is 23.1 Å². The Hall–Kier alpha value is -3.60. The highest BCUT2D eigenvalue weighted by Gasteiger charge is 2.36. The van der Waals surface area contributed by atoms with E-state index in [0.717, 1.165) is 24.5 Å². The van der Waals surface area contributed by atoms with Crippen molar-refractivity contribution in [1.29, 1.82) is 0 Å². The van der Waals surface area contributed by atoms with Crippen molar-refractivity contribution in [3.05, 3.63) is 58.7 Å². The maximum atomic E-state index is 14.0. The summed E-state index contributed by atoms with van der Waals surface area (Å²) in [5.41, 5.74) is 0.341. The highest BCUT2D eigenvalue weighted by molar-refractivity contribution is 6.03. The lowest BCUT2D eigenvalue weighted by molar-refractivity contribution is -0.136. The summed E-state index contributed by atoms with van der Waals surface area (Å²) in [4.78, 5) is 31.2. The second-order valence-corrected chi connectivity index (χ2v) is 8.95. The number of halogens is 3. The van der Waals surface area contributed by atoms with Gasteiger partial charge in [-0.3, -0.25) is 9.59 Å². The average molecular weight is 502 g/mol. The van der Waals surface area contributed by atoms with Crippen LogP contribution in [0, 0.1) is 0 Å². The molecule has 190 valence electrons. The van der Waals surface area contributed by atoms with Gasteiger partial charge in [0.1, 0.15) is 0 Å². The fourth-order valence-electron chi connectivity index (χ4n) is 4.44. The molecule has 2 aromatic rings. The first-order valence-electron chi connectivity index (χ1n) is 11.9. The van der Waals surface area contributed by atoms with Crippen molar-refractivity contribution >= 4 is 29.1 Å². The second-order valence-electron chi connectivity index (χ2n) is 8.95. The van der Waals surface area contributed by atoms with Gasteiger partial charge in [-0.25, -0.2) is 0 Å². The van der Waals surface area contributed by atoms with E-state index >= 15 is 0 Å². The number of nitrogens with zero attached hydrogens (tertiary/aromatic N) is 2. The number of carbonyl (C=O) groups is 2. The smallest absolute Gasteiger partial charge is 0.378 e. The van der Waals surface area contributed by atoms with Crippen LogP contribution in [0.5, 0.6) is 0 Å². The summed E-state index contributed by atoms with van der Waals surface area (Å²) in [6, 6.07) is 8.45. The first kappa shape index (κ1) is 24.1. The molecular weight excluding hydrogens is 475 g/mol. The van der Waals surface area contributed by atoms with Gasteiger partial charge in [0.05, 0.1) is 24.5 Å². The maximum Gasteiger partial charge on any atom is 0.418 e. The van der Waals surface area contributed by atoms with Crippen LogP contribution in [0.15, 0.2) is 41.4 Å². The molecule has 0 radical (unpaired) electrons. The molecule has 8 nitrogen and oxygen atoms in total. The normalized spacial score (nSPS) is 17.9. The van der Waals surface area contributed by atoms with Crippen LogP contribution in [-0.4, -0.2) is 62.1 Å². The number of ether oxygens (including phenoxy) is 1. The fraction of sp³-hybridized carbons (Fsp3) is 0.400. The lowest BCUT2D eigenvalue weighted by Crippen LogP contribution is -2.41. The van der Waals surface area contributed by atoms with Gasteiger partial charge in [0.15, 0.2) is 5.96 Å². The number of hydrogen-bond donors (Lipinski definition) is 3. The second kappa shape index (κ2) is 9.81. The van der Waals surface area contributed by atoms with E-state index in [2.05, 4.69) is 20.9 Å². The Morgan fingerprint density at radius 2 is 1.75 bits per heavy atom. The quantitative estimate of drug-likeness (QED) is 0.581. The van der Waals surface area contributed by atoms with Crippen molar-refractivity contribution in [1.82, 2.24) is 15.5 Å².